The second-order valence-electron chi connectivity index (χ2n) is 4.70. The molecule has 0 heterocycles. The van der Waals surface area contributed by atoms with Gasteiger partial charge in [0.15, 0.2) is 0 Å². The average molecular weight is 363 g/mol. The van der Waals surface area contributed by atoms with E-state index < -0.39 is 16.0 Å². The molecule has 0 bridgehead atoms. The third-order valence-electron chi connectivity index (χ3n) is 2.99. The van der Waals surface area contributed by atoms with Crippen molar-refractivity contribution in [3.63, 3.8) is 0 Å². The first-order valence-corrected chi connectivity index (χ1v) is 9.05. The van der Waals surface area contributed by atoms with E-state index in [9.17, 15) is 18.0 Å². The Bertz CT molecular complexity index is 690. The maximum absolute atomic E-state index is 12.0. The monoisotopic (exact) mass is 362 g/mol. The summed E-state index contributed by atoms with van der Waals surface area (Å²) in [4.78, 5) is 22.9. The molecule has 1 aromatic carbocycles. The van der Waals surface area contributed by atoms with E-state index in [2.05, 4.69) is 10.1 Å². The second-order valence-corrected chi connectivity index (χ2v) is 7.01. The van der Waals surface area contributed by atoms with Gasteiger partial charge in [-0.15, -0.1) is 0 Å². The first-order valence-electron chi connectivity index (χ1n) is 6.83. The van der Waals surface area contributed by atoms with Crippen LogP contribution in [0.25, 0.3) is 0 Å². The summed E-state index contributed by atoms with van der Waals surface area (Å²) in [6.45, 7) is 1.81. The fourth-order valence-electron chi connectivity index (χ4n) is 1.84. The van der Waals surface area contributed by atoms with Crippen molar-refractivity contribution in [3.8, 4) is 0 Å². The van der Waals surface area contributed by atoms with Gasteiger partial charge in [-0.25, -0.2) is 13.2 Å². The highest BCUT2D eigenvalue weighted by Gasteiger charge is 2.21. The number of rotatable bonds is 7. The van der Waals surface area contributed by atoms with Gasteiger partial charge < -0.3 is 10.1 Å². The molecule has 1 N–H and O–H groups in total. The molecule has 9 heteroatoms. The number of hydrogen-bond acceptors (Lipinski definition) is 5. The molecule has 1 rings (SSSR count). The highest BCUT2D eigenvalue weighted by Crippen LogP contribution is 2.29. The van der Waals surface area contributed by atoms with Crippen molar-refractivity contribution in [1.82, 2.24) is 5.32 Å². The van der Waals surface area contributed by atoms with Gasteiger partial charge in [0.05, 0.1) is 36.2 Å². The second kappa shape index (κ2) is 8.16. The van der Waals surface area contributed by atoms with Crippen molar-refractivity contribution in [2.45, 2.75) is 13.3 Å². The van der Waals surface area contributed by atoms with Gasteiger partial charge in [-0.1, -0.05) is 18.5 Å². The van der Waals surface area contributed by atoms with Crippen molar-refractivity contribution in [2.75, 3.05) is 30.8 Å². The van der Waals surface area contributed by atoms with Crippen LogP contribution in [0.1, 0.15) is 23.7 Å². The Morgan fingerprint density at radius 1 is 1.35 bits per heavy atom. The first kappa shape index (κ1) is 19.2. The summed E-state index contributed by atoms with van der Waals surface area (Å²) in [5.74, 6) is -0.788. The van der Waals surface area contributed by atoms with E-state index in [1.807, 2.05) is 0 Å². The number of hydrogen-bond donors (Lipinski definition) is 1. The van der Waals surface area contributed by atoms with E-state index in [-0.39, 0.29) is 35.3 Å². The van der Waals surface area contributed by atoms with Crippen LogP contribution >= 0.6 is 11.6 Å². The smallest absolute Gasteiger partial charge is 0.337 e. The minimum atomic E-state index is -3.65. The van der Waals surface area contributed by atoms with Gasteiger partial charge in [0, 0.05) is 13.0 Å². The lowest BCUT2D eigenvalue weighted by Gasteiger charge is -2.24. The largest absolute Gasteiger partial charge is 0.465 e. The molecule has 0 unspecified atom stereocenters. The van der Waals surface area contributed by atoms with Crippen LogP contribution in [-0.4, -0.2) is 46.7 Å². The van der Waals surface area contributed by atoms with Gasteiger partial charge in [0.1, 0.15) is 0 Å². The molecule has 0 saturated carbocycles. The summed E-state index contributed by atoms with van der Waals surface area (Å²) >= 11 is 6.07. The van der Waals surface area contributed by atoms with E-state index in [1.54, 1.807) is 6.92 Å². The molecule has 0 saturated heterocycles. The van der Waals surface area contributed by atoms with E-state index in [1.165, 1.54) is 25.3 Å². The van der Waals surface area contributed by atoms with Gasteiger partial charge in [0.2, 0.25) is 15.9 Å². The summed E-state index contributed by atoms with van der Waals surface area (Å²) in [6, 6.07) is 4.21. The Morgan fingerprint density at radius 3 is 2.52 bits per heavy atom. The molecular formula is C14H19ClN2O5S. The molecule has 0 aromatic heterocycles. The van der Waals surface area contributed by atoms with Gasteiger partial charge in [-0.2, -0.15) is 0 Å². The number of esters is 1. The third-order valence-corrected chi connectivity index (χ3v) is 4.49. The molecule has 0 aliphatic rings. The molecule has 0 fully saturated rings. The summed E-state index contributed by atoms with van der Waals surface area (Å²) in [6.07, 6.45) is 1.33. The lowest BCUT2D eigenvalue weighted by molar-refractivity contribution is -0.120. The van der Waals surface area contributed by atoms with Crippen molar-refractivity contribution in [2.24, 2.45) is 0 Å². The van der Waals surface area contributed by atoms with Crippen molar-refractivity contribution in [1.29, 1.82) is 0 Å². The number of anilines is 1. The average Bonchev–Trinajstić information content (AvgIpc) is 2.50. The van der Waals surface area contributed by atoms with Crippen molar-refractivity contribution in [3.05, 3.63) is 28.8 Å². The van der Waals surface area contributed by atoms with Crippen molar-refractivity contribution >= 4 is 39.2 Å². The van der Waals surface area contributed by atoms with Crippen LogP contribution in [0.2, 0.25) is 5.02 Å². The van der Waals surface area contributed by atoms with E-state index in [4.69, 9.17) is 11.6 Å². The molecule has 128 valence electrons. The predicted octanol–water partition coefficient (Wildman–Crippen LogP) is 1.42. The van der Waals surface area contributed by atoms with Crippen LogP contribution in [0.15, 0.2) is 18.2 Å². The number of carbonyl (C=O) groups is 2. The lowest BCUT2D eigenvalue weighted by Crippen LogP contribution is -2.38. The van der Waals surface area contributed by atoms with E-state index in [0.717, 1.165) is 10.6 Å². The zero-order chi connectivity index (χ0) is 17.6. The van der Waals surface area contributed by atoms with Gasteiger partial charge in [-0.3, -0.25) is 9.10 Å². The lowest BCUT2D eigenvalue weighted by atomic mass is 10.2. The normalized spacial score (nSPS) is 11.0. The summed E-state index contributed by atoms with van der Waals surface area (Å²) in [7, 11) is -2.42. The Kier molecular flexibility index (Phi) is 6.83. The summed E-state index contributed by atoms with van der Waals surface area (Å²) in [5.41, 5.74) is 0.334. The minimum Gasteiger partial charge on any atom is -0.465 e. The van der Waals surface area contributed by atoms with Gasteiger partial charge >= 0.3 is 5.97 Å². The molecule has 0 atom stereocenters. The zero-order valence-corrected chi connectivity index (χ0v) is 14.7. The molecule has 1 aromatic rings. The number of halogens is 1. The molecule has 0 spiro atoms. The number of carbonyl (C=O) groups excluding carboxylic acids is 2. The Balaban J connectivity index is 3.12. The highest BCUT2D eigenvalue weighted by molar-refractivity contribution is 7.92. The number of nitrogens with zero attached hydrogens (tertiary/aromatic N) is 1. The zero-order valence-electron chi connectivity index (χ0n) is 13.1. The number of amides is 1. The third kappa shape index (κ3) is 5.40. The maximum Gasteiger partial charge on any atom is 0.337 e. The minimum absolute atomic E-state index is 0.00504. The highest BCUT2D eigenvalue weighted by atomic mass is 35.5. The van der Waals surface area contributed by atoms with Crippen molar-refractivity contribution < 1.29 is 22.7 Å². The molecule has 0 radical (unpaired) electrons. The van der Waals surface area contributed by atoms with Gasteiger partial charge in [-0.05, 0) is 18.2 Å². The van der Waals surface area contributed by atoms with Crippen LogP contribution in [0.5, 0.6) is 0 Å². The molecule has 1 amide bonds. The Hall–Kier alpha value is -1.80. The summed E-state index contributed by atoms with van der Waals surface area (Å²) < 4.78 is 29.7. The number of nitrogens with one attached hydrogen (secondary N) is 1. The molecule has 0 aliphatic heterocycles. The fraction of sp³-hybridized carbons (Fsp3) is 0.429. The number of methoxy groups -OCH3 is 1. The Labute approximate surface area is 140 Å². The number of sulfonamides is 1. The Morgan fingerprint density at radius 2 is 2.00 bits per heavy atom. The van der Waals surface area contributed by atoms with Crippen LogP contribution in [0, 0.1) is 0 Å². The van der Waals surface area contributed by atoms with E-state index >= 15 is 0 Å². The predicted molar refractivity (Wildman–Crippen MR) is 88.3 cm³/mol. The molecule has 0 aliphatic carbocycles. The van der Waals surface area contributed by atoms with Crippen LogP contribution in [0.3, 0.4) is 0 Å². The standard InChI is InChI=1S/C14H19ClN2O5S/c1-4-13(18)16-7-8-17(23(3,20)21)12-9-10(14(19)22-2)5-6-11(12)15/h5-6,9H,4,7-8H2,1-3H3,(H,16,18). The number of ether oxygens (including phenoxy) is 1. The van der Waals surface area contributed by atoms with E-state index in [0.29, 0.717) is 6.42 Å². The fourth-order valence-corrected chi connectivity index (χ4v) is 3.04. The van der Waals surface area contributed by atoms with Gasteiger partial charge in [0.25, 0.3) is 0 Å². The topological polar surface area (TPSA) is 92.8 Å². The van der Waals surface area contributed by atoms with Crippen LogP contribution < -0.4 is 9.62 Å². The summed E-state index contributed by atoms with van der Waals surface area (Å²) in [5, 5.41) is 2.76. The quantitative estimate of drug-likeness (QED) is 0.740. The molecule has 23 heavy (non-hydrogen) atoms. The van der Waals surface area contributed by atoms with Crippen LogP contribution in [0.4, 0.5) is 5.69 Å². The number of benzene rings is 1. The first-order chi connectivity index (χ1) is 10.7. The van der Waals surface area contributed by atoms with Crippen LogP contribution in [-0.2, 0) is 19.6 Å². The maximum atomic E-state index is 12.0. The SMILES string of the molecule is CCC(=O)NCCN(c1cc(C(=O)OC)ccc1Cl)S(C)(=O)=O. The molecule has 7 nitrogen and oxygen atoms in total. The molecular weight excluding hydrogens is 344 g/mol.